The summed E-state index contributed by atoms with van der Waals surface area (Å²) >= 11 is 1.40. The zero-order valence-corrected chi connectivity index (χ0v) is 19.1. The predicted octanol–water partition coefficient (Wildman–Crippen LogP) is 3.95. The lowest BCUT2D eigenvalue weighted by molar-refractivity contribution is -0.117. The molecular formula is C24H26N4O3S. The van der Waals surface area contributed by atoms with Crippen molar-refractivity contribution >= 4 is 35.0 Å². The summed E-state index contributed by atoms with van der Waals surface area (Å²) in [5, 5.41) is 5.31. The van der Waals surface area contributed by atoms with Crippen molar-refractivity contribution in [1.29, 1.82) is 0 Å². The van der Waals surface area contributed by atoms with Crippen molar-refractivity contribution < 1.29 is 9.59 Å². The Labute approximate surface area is 190 Å². The van der Waals surface area contributed by atoms with Crippen molar-refractivity contribution in [2.24, 2.45) is 13.0 Å². The van der Waals surface area contributed by atoms with Crippen molar-refractivity contribution in [2.75, 3.05) is 10.6 Å². The molecule has 1 heterocycles. The molecule has 3 aromatic rings. The van der Waals surface area contributed by atoms with Gasteiger partial charge < -0.3 is 10.6 Å². The first kappa shape index (κ1) is 22.0. The van der Waals surface area contributed by atoms with Gasteiger partial charge in [0.25, 0.3) is 5.56 Å². The van der Waals surface area contributed by atoms with Gasteiger partial charge in [0.2, 0.25) is 11.8 Å². The maximum atomic E-state index is 13.0. The molecule has 2 amide bonds. The van der Waals surface area contributed by atoms with E-state index in [1.807, 2.05) is 61.5 Å². The molecule has 8 heteroatoms. The highest BCUT2D eigenvalue weighted by Gasteiger charge is 2.29. The summed E-state index contributed by atoms with van der Waals surface area (Å²) in [6.45, 7) is 3.61. The molecule has 1 saturated carbocycles. The second-order valence-corrected chi connectivity index (χ2v) is 9.39. The molecule has 1 aliphatic rings. The van der Waals surface area contributed by atoms with Gasteiger partial charge in [-0.1, -0.05) is 18.2 Å². The Morgan fingerprint density at radius 1 is 1.03 bits per heavy atom. The van der Waals surface area contributed by atoms with E-state index >= 15 is 0 Å². The summed E-state index contributed by atoms with van der Waals surface area (Å²) in [6.07, 6.45) is 1.92. The van der Waals surface area contributed by atoms with E-state index in [9.17, 15) is 14.4 Å². The number of amides is 2. The smallest absolute Gasteiger partial charge is 0.295 e. The van der Waals surface area contributed by atoms with Gasteiger partial charge in [-0.3, -0.25) is 19.1 Å². The third kappa shape index (κ3) is 4.65. The molecule has 166 valence electrons. The number of hydrogen-bond acceptors (Lipinski definition) is 4. The number of nitrogens with one attached hydrogen (secondary N) is 2. The number of thioether (sulfide) groups is 1. The van der Waals surface area contributed by atoms with Crippen LogP contribution in [0, 0.1) is 12.8 Å². The minimum Gasteiger partial charge on any atom is -0.326 e. The first-order valence-electron chi connectivity index (χ1n) is 10.6. The second kappa shape index (κ2) is 9.08. The summed E-state index contributed by atoms with van der Waals surface area (Å²) in [6, 6.07) is 16.8. The fourth-order valence-electron chi connectivity index (χ4n) is 3.40. The van der Waals surface area contributed by atoms with E-state index in [0.717, 1.165) is 29.1 Å². The number of anilines is 2. The SMILES string of the molecule is Cc1c(NC(=O)C(C)Sc2ccc(NC(=O)C3CC3)cc2)c(=O)n(-c2ccccc2)n1C. The fraction of sp³-hybridized carbons (Fsp3) is 0.292. The zero-order valence-electron chi connectivity index (χ0n) is 18.3. The molecule has 2 aromatic carbocycles. The highest BCUT2D eigenvalue weighted by atomic mass is 32.2. The lowest BCUT2D eigenvalue weighted by Gasteiger charge is -2.12. The molecule has 0 saturated heterocycles. The Morgan fingerprint density at radius 2 is 1.69 bits per heavy atom. The van der Waals surface area contributed by atoms with Crippen LogP contribution in [0.15, 0.2) is 64.3 Å². The van der Waals surface area contributed by atoms with E-state index in [0.29, 0.717) is 5.69 Å². The molecule has 0 aliphatic heterocycles. The van der Waals surface area contributed by atoms with Crippen LogP contribution >= 0.6 is 11.8 Å². The fourth-order valence-corrected chi connectivity index (χ4v) is 4.27. The number of carbonyl (C=O) groups is 2. The van der Waals surface area contributed by atoms with E-state index in [1.165, 1.54) is 16.4 Å². The largest absolute Gasteiger partial charge is 0.326 e. The quantitative estimate of drug-likeness (QED) is 0.534. The number of nitrogens with zero attached hydrogens (tertiary/aromatic N) is 2. The van der Waals surface area contributed by atoms with Crippen LogP contribution in [0.5, 0.6) is 0 Å². The summed E-state index contributed by atoms with van der Waals surface area (Å²) < 4.78 is 3.27. The lowest BCUT2D eigenvalue weighted by Crippen LogP contribution is -2.27. The minimum atomic E-state index is -0.411. The van der Waals surface area contributed by atoms with Crippen LogP contribution in [0.2, 0.25) is 0 Å². The Bertz CT molecular complexity index is 1190. The monoisotopic (exact) mass is 450 g/mol. The van der Waals surface area contributed by atoms with E-state index in [4.69, 9.17) is 0 Å². The van der Waals surface area contributed by atoms with Crippen LogP contribution < -0.4 is 16.2 Å². The normalized spacial score (nSPS) is 14.1. The van der Waals surface area contributed by atoms with Gasteiger partial charge in [0, 0.05) is 23.5 Å². The van der Waals surface area contributed by atoms with Crippen LogP contribution in [-0.4, -0.2) is 26.4 Å². The molecule has 0 radical (unpaired) electrons. The molecule has 1 aromatic heterocycles. The number of rotatable bonds is 7. The molecule has 1 aliphatic carbocycles. The van der Waals surface area contributed by atoms with Crippen molar-refractivity contribution in [3.05, 3.63) is 70.6 Å². The minimum absolute atomic E-state index is 0.0672. The van der Waals surface area contributed by atoms with Gasteiger partial charge >= 0.3 is 0 Å². The van der Waals surface area contributed by atoms with Crippen molar-refractivity contribution in [3.63, 3.8) is 0 Å². The highest BCUT2D eigenvalue weighted by molar-refractivity contribution is 8.00. The number of carbonyl (C=O) groups excluding carboxylic acids is 2. The number of benzene rings is 2. The van der Waals surface area contributed by atoms with Crippen LogP contribution in [0.25, 0.3) is 5.69 Å². The Hall–Kier alpha value is -3.26. The average molecular weight is 451 g/mol. The van der Waals surface area contributed by atoms with Gasteiger partial charge in [-0.05, 0) is 63.1 Å². The molecular weight excluding hydrogens is 424 g/mol. The predicted molar refractivity (Wildman–Crippen MR) is 127 cm³/mol. The molecule has 0 bridgehead atoms. The number of hydrogen-bond donors (Lipinski definition) is 2. The van der Waals surface area contributed by atoms with Gasteiger partial charge in [0.1, 0.15) is 5.69 Å². The average Bonchev–Trinajstić information content (AvgIpc) is 3.61. The van der Waals surface area contributed by atoms with Gasteiger partial charge in [-0.2, -0.15) is 0 Å². The van der Waals surface area contributed by atoms with Crippen LogP contribution in [0.3, 0.4) is 0 Å². The van der Waals surface area contributed by atoms with Gasteiger partial charge in [0.05, 0.1) is 16.6 Å². The summed E-state index contributed by atoms with van der Waals surface area (Å²) in [7, 11) is 1.79. The molecule has 32 heavy (non-hydrogen) atoms. The first-order chi connectivity index (χ1) is 15.3. The van der Waals surface area contributed by atoms with Crippen LogP contribution in [-0.2, 0) is 16.6 Å². The third-order valence-corrected chi connectivity index (χ3v) is 6.67. The molecule has 1 fully saturated rings. The molecule has 2 N–H and O–H groups in total. The van der Waals surface area contributed by atoms with E-state index in [1.54, 1.807) is 18.7 Å². The van der Waals surface area contributed by atoms with Gasteiger partial charge in [-0.25, -0.2) is 4.68 Å². The Morgan fingerprint density at radius 3 is 2.31 bits per heavy atom. The van der Waals surface area contributed by atoms with Crippen molar-refractivity contribution in [2.45, 2.75) is 36.8 Å². The number of aromatic nitrogens is 2. The van der Waals surface area contributed by atoms with Gasteiger partial charge in [0.15, 0.2) is 0 Å². The maximum absolute atomic E-state index is 13.0. The van der Waals surface area contributed by atoms with E-state index < -0.39 is 5.25 Å². The lowest BCUT2D eigenvalue weighted by atomic mass is 10.3. The zero-order chi connectivity index (χ0) is 22.8. The van der Waals surface area contributed by atoms with Gasteiger partial charge in [-0.15, -0.1) is 11.8 Å². The third-order valence-electron chi connectivity index (χ3n) is 5.55. The molecule has 4 rings (SSSR count). The molecule has 0 spiro atoms. The molecule has 1 atom stereocenters. The summed E-state index contributed by atoms with van der Waals surface area (Å²) in [4.78, 5) is 38.6. The Kier molecular flexibility index (Phi) is 6.23. The highest BCUT2D eigenvalue weighted by Crippen LogP contribution is 2.31. The first-order valence-corrected chi connectivity index (χ1v) is 11.5. The van der Waals surface area contributed by atoms with Crippen LogP contribution in [0.1, 0.15) is 25.5 Å². The van der Waals surface area contributed by atoms with Crippen molar-refractivity contribution in [3.8, 4) is 5.69 Å². The number of para-hydroxylation sites is 1. The Balaban J connectivity index is 1.43. The molecule has 7 nitrogen and oxygen atoms in total. The van der Waals surface area contributed by atoms with E-state index in [-0.39, 0.29) is 29.0 Å². The maximum Gasteiger partial charge on any atom is 0.295 e. The van der Waals surface area contributed by atoms with Crippen molar-refractivity contribution in [1.82, 2.24) is 9.36 Å². The standard InChI is InChI=1S/C24H26N4O3S/c1-15-21(24(31)28(27(15)3)19-7-5-4-6-8-19)26-22(29)16(2)32-20-13-11-18(12-14-20)25-23(30)17-9-10-17/h4-8,11-14,16-17H,9-10H2,1-3H3,(H,25,30)(H,26,29). The summed E-state index contributed by atoms with van der Waals surface area (Å²) in [5.41, 5.74) is 2.19. The summed E-state index contributed by atoms with van der Waals surface area (Å²) in [5.74, 6) is -0.0228. The van der Waals surface area contributed by atoms with E-state index in [2.05, 4.69) is 10.6 Å². The van der Waals surface area contributed by atoms with Crippen LogP contribution in [0.4, 0.5) is 11.4 Å². The topological polar surface area (TPSA) is 85.1 Å². The molecule has 1 unspecified atom stereocenters. The second-order valence-electron chi connectivity index (χ2n) is 7.97.